The van der Waals surface area contributed by atoms with Gasteiger partial charge >= 0.3 is 0 Å². The van der Waals surface area contributed by atoms with E-state index in [2.05, 4.69) is 27.1 Å². The summed E-state index contributed by atoms with van der Waals surface area (Å²) < 4.78 is 5.29. The average Bonchev–Trinajstić information content (AvgIpc) is 3.38. The number of ether oxygens (including phenoxy) is 1. The van der Waals surface area contributed by atoms with Gasteiger partial charge in [0.25, 0.3) is 0 Å². The monoisotopic (exact) mass is 429 g/mol. The number of hydrogen-bond acceptors (Lipinski definition) is 6. The van der Waals surface area contributed by atoms with E-state index in [-0.39, 0.29) is 36.0 Å². The van der Waals surface area contributed by atoms with Crippen molar-refractivity contribution in [2.45, 2.75) is 62.8 Å². The summed E-state index contributed by atoms with van der Waals surface area (Å²) >= 11 is 0. The molecule has 8 heteroatoms. The molecule has 4 atom stereocenters. The molecule has 0 spiro atoms. The number of fused-ring (bicyclic) bond motifs is 1. The van der Waals surface area contributed by atoms with Gasteiger partial charge in [-0.3, -0.25) is 24.4 Å². The maximum Gasteiger partial charge on any atom is 0.239 e. The molecule has 0 aromatic carbocycles. The fourth-order valence-corrected chi connectivity index (χ4v) is 5.49. The number of carbonyl (C=O) groups is 2. The zero-order valence-electron chi connectivity index (χ0n) is 18.7. The Morgan fingerprint density at radius 1 is 1.26 bits per heavy atom. The second kappa shape index (κ2) is 10.1. The Morgan fingerprint density at radius 2 is 2.13 bits per heavy atom. The molecule has 0 bridgehead atoms. The fraction of sp³-hybridized carbons (Fsp3) is 0.696. The van der Waals surface area contributed by atoms with Crippen LogP contribution in [0.4, 0.5) is 0 Å². The number of nitrogens with zero attached hydrogens (tertiary/aromatic N) is 4. The van der Waals surface area contributed by atoms with Gasteiger partial charge in [0.1, 0.15) is 6.04 Å². The van der Waals surface area contributed by atoms with Crippen LogP contribution in [-0.4, -0.2) is 96.1 Å². The number of pyridine rings is 1. The van der Waals surface area contributed by atoms with Gasteiger partial charge in [0, 0.05) is 58.0 Å². The van der Waals surface area contributed by atoms with Gasteiger partial charge in [-0.25, -0.2) is 0 Å². The lowest BCUT2D eigenvalue weighted by atomic mass is 10.0. The van der Waals surface area contributed by atoms with E-state index >= 15 is 0 Å². The summed E-state index contributed by atoms with van der Waals surface area (Å²) in [5, 5.41) is 3.15. The SMILES string of the molecule is COC[C@H]1CCCN1C(=O)CC[C@H]1CNC(=O)[C@@H]2[C@H](CCN2Cc2ccccn2)N1C. The van der Waals surface area contributed by atoms with E-state index in [0.29, 0.717) is 26.1 Å². The van der Waals surface area contributed by atoms with E-state index in [9.17, 15) is 9.59 Å². The molecule has 1 aromatic rings. The lowest BCUT2D eigenvalue weighted by Gasteiger charge is -2.33. The molecule has 31 heavy (non-hydrogen) atoms. The van der Waals surface area contributed by atoms with Crippen molar-refractivity contribution in [1.82, 2.24) is 25.0 Å². The van der Waals surface area contributed by atoms with Crippen molar-refractivity contribution in [1.29, 1.82) is 0 Å². The molecular formula is C23H35N5O3. The highest BCUT2D eigenvalue weighted by atomic mass is 16.5. The van der Waals surface area contributed by atoms with E-state index in [1.807, 2.05) is 23.1 Å². The van der Waals surface area contributed by atoms with Crippen LogP contribution < -0.4 is 5.32 Å². The lowest BCUT2D eigenvalue weighted by Crippen LogP contribution is -2.49. The Hall–Kier alpha value is -2.03. The van der Waals surface area contributed by atoms with Crippen LogP contribution in [0, 0.1) is 0 Å². The van der Waals surface area contributed by atoms with E-state index in [1.54, 1.807) is 13.3 Å². The van der Waals surface area contributed by atoms with E-state index in [0.717, 1.165) is 44.5 Å². The maximum absolute atomic E-state index is 13.0. The Labute approximate surface area is 184 Å². The Kier molecular flexibility index (Phi) is 7.20. The van der Waals surface area contributed by atoms with Crippen LogP contribution in [0.2, 0.25) is 0 Å². The fourth-order valence-electron chi connectivity index (χ4n) is 5.49. The molecule has 0 aliphatic carbocycles. The van der Waals surface area contributed by atoms with Crippen LogP contribution >= 0.6 is 0 Å². The van der Waals surface area contributed by atoms with Gasteiger partial charge in [0.05, 0.1) is 18.3 Å². The first-order chi connectivity index (χ1) is 15.1. The van der Waals surface area contributed by atoms with E-state index < -0.39 is 0 Å². The van der Waals surface area contributed by atoms with Crippen molar-refractivity contribution >= 4 is 11.8 Å². The number of likely N-dealkylation sites (tertiary alicyclic amines) is 2. The summed E-state index contributed by atoms with van der Waals surface area (Å²) in [5.41, 5.74) is 0.987. The van der Waals surface area contributed by atoms with Crippen LogP contribution in [0.1, 0.15) is 37.8 Å². The first-order valence-electron chi connectivity index (χ1n) is 11.5. The van der Waals surface area contributed by atoms with Gasteiger partial charge < -0.3 is 15.0 Å². The van der Waals surface area contributed by atoms with E-state index in [4.69, 9.17) is 4.74 Å². The number of methoxy groups -OCH3 is 1. The Balaban J connectivity index is 1.36. The van der Waals surface area contributed by atoms with Crippen LogP contribution in [-0.2, 0) is 20.9 Å². The van der Waals surface area contributed by atoms with Gasteiger partial charge in [-0.1, -0.05) is 6.07 Å². The highest BCUT2D eigenvalue weighted by molar-refractivity contribution is 5.83. The first-order valence-corrected chi connectivity index (χ1v) is 11.5. The zero-order chi connectivity index (χ0) is 21.8. The number of aromatic nitrogens is 1. The number of hydrogen-bond donors (Lipinski definition) is 1. The summed E-state index contributed by atoms with van der Waals surface area (Å²) in [6, 6.07) is 6.28. The number of amides is 2. The number of carbonyl (C=O) groups excluding carboxylic acids is 2. The predicted octanol–water partition coefficient (Wildman–Crippen LogP) is 0.872. The van der Waals surface area contributed by atoms with Gasteiger partial charge in [-0.2, -0.15) is 0 Å². The largest absolute Gasteiger partial charge is 0.383 e. The zero-order valence-corrected chi connectivity index (χ0v) is 18.7. The number of rotatable bonds is 7. The number of nitrogens with one attached hydrogen (secondary N) is 1. The van der Waals surface area contributed by atoms with Gasteiger partial charge in [-0.05, 0) is 44.9 Å². The maximum atomic E-state index is 13.0. The highest BCUT2D eigenvalue weighted by Crippen LogP contribution is 2.28. The second-order valence-corrected chi connectivity index (χ2v) is 9.03. The van der Waals surface area contributed by atoms with Gasteiger partial charge in [-0.15, -0.1) is 0 Å². The van der Waals surface area contributed by atoms with Gasteiger partial charge in [0.2, 0.25) is 11.8 Å². The van der Waals surface area contributed by atoms with Crippen molar-refractivity contribution in [2.24, 2.45) is 0 Å². The summed E-state index contributed by atoms with van der Waals surface area (Å²) in [5.74, 6) is 0.307. The second-order valence-electron chi connectivity index (χ2n) is 9.03. The van der Waals surface area contributed by atoms with Crippen LogP contribution in [0.15, 0.2) is 24.4 Å². The third-order valence-corrected chi connectivity index (χ3v) is 7.19. The molecule has 3 aliphatic rings. The molecule has 0 saturated carbocycles. The quantitative estimate of drug-likeness (QED) is 0.693. The van der Waals surface area contributed by atoms with Crippen molar-refractivity contribution in [3.8, 4) is 0 Å². The molecule has 4 rings (SSSR count). The third kappa shape index (κ3) is 4.91. The molecule has 170 valence electrons. The first kappa shape index (κ1) is 22.2. The molecule has 3 aliphatic heterocycles. The minimum absolute atomic E-state index is 0.0961. The minimum Gasteiger partial charge on any atom is -0.383 e. The van der Waals surface area contributed by atoms with Crippen molar-refractivity contribution in [2.75, 3.05) is 40.4 Å². The lowest BCUT2D eigenvalue weighted by molar-refractivity contribution is -0.133. The molecule has 2 amide bonds. The van der Waals surface area contributed by atoms with Crippen molar-refractivity contribution in [3.05, 3.63) is 30.1 Å². The average molecular weight is 430 g/mol. The molecule has 0 unspecified atom stereocenters. The summed E-state index contributed by atoms with van der Waals surface area (Å²) in [4.78, 5) is 36.8. The molecule has 4 heterocycles. The summed E-state index contributed by atoms with van der Waals surface area (Å²) in [6.45, 7) is 3.59. The van der Waals surface area contributed by atoms with Crippen LogP contribution in [0.3, 0.4) is 0 Å². The Bertz CT molecular complexity index is 761. The highest BCUT2D eigenvalue weighted by Gasteiger charge is 2.45. The van der Waals surface area contributed by atoms with Crippen molar-refractivity contribution < 1.29 is 14.3 Å². The predicted molar refractivity (Wildman–Crippen MR) is 117 cm³/mol. The molecule has 1 N–H and O–H groups in total. The smallest absolute Gasteiger partial charge is 0.239 e. The molecule has 3 saturated heterocycles. The summed E-state index contributed by atoms with van der Waals surface area (Å²) in [7, 11) is 3.81. The molecule has 0 radical (unpaired) electrons. The van der Waals surface area contributed by atoms with Crippen LogP contribution in [0.25, 0.3) is 0 Å². The summed E-state index contributed by atoms with van der Waals surface area (Å²) in [6.07, 6.45) is 6.10. The standard InChI is InChI=1S/C23H35N5O3/c1-26-18(8-9-21(29)28-12-5-7-19(28)16-31-2)14-25-23(30)22-20(26)10-13-27(22)15-17-6-3-4-11-24-17/h3-4,6,11,18-20,22H,5,7-10,12-16H2,1-2H3,(H,25,30)/t18-,19+,20-,22-/m0/s1. The van der Waals surface area contributed by atoms with E-state index in [1.165, 1.54) is 0 Å². The molecule has 3 fully saturated rings. The molecule has 1 aromatic heterocycles. The topological polar surface area (TPSA) is 78.0 Å². The molecule has 8 nitrogen and oxygen atoms in total. The molecular weight excluding hydrogens is 394 g/mol. The van der Waals surface area contributed by atoms with Gasteiger partial charge in [0.15, 0.2) is 0 Å². The van der Waals surface area contributed by atoms with Crippen molar-refractivity contribution in [3.63, 3.8) is 0 Å². The normalized spacial score (nSPS) is 29.6. The third-order valence-electron chi connectivity index (χ3n) is 7.19. The Morgan fingerprint density at radius 3 is 2.90 bits per heavy atom. The minimum atomic E-state index is -0.169. The van der Waals surface area contributed by atoms with Crippen LogP contribution in [0.5, 0.6) is 0 Å². The number of likely N-dealkylation sites (N-methyl/N-ethyl adjacent to an activating group) is 1.